The van der Waals surface area contributed by atoms with Gasteiger partial charge < -0.3 is 19.5 Å². The summed E-state index contributed by atoms with van der Waals surface area (Å²) in [5, 5.41) is 3.03. The van der Waals surface area contributed by atoms with Crippen molar-refractivity contribution in [2.75, 3.05) is 43.4 Å². The molecule has 1 aliphatic carbocycles. The van der Waals surface area contributed by atoms with E-state index >= 15 is 0 Å². The van der Waals surface area contributed by atoms with E-state index in [-0.39, 0.29) is 17.7 Å². The van der Waals surface area contributed by atoms with Crippen molar-refractivity contribution < 1.29 is 9.21 Å². The van der Waals surface area contributed by atoms with Gasteiger partial charge in [-0.2, -0.15) is 0 Å². The summed E-state index contributed by atoms with van der Waals surface area (Å²) >= 11 is 0. The van der Waals surface area contributed by atoms with Crippen LogP contribution in [0, 0.1) is 5.92 Å². The number of piperazine rings is 1. The Morgan fingerprint density at radius 3 is 2.54 bits per heavy atom. The van der Waals surface area contributed by atoms with Crippen LogP contribution in [0.2, 0.25) is 0 Å². The maximum absolute atomic E-state index is 12.3. The molecular formula is C19H23N3O2. The standard InChI is InChI=1S/C19H23N3O2/c1-21-8-10-22(11-9-21)15-6-4-14(5-7-15)20-19(23)17-13-16(17)18-3-2-12-24-18/h2-7,12,16-17H,8-11,13H2,1H3,(H,20,23)/t16-,17+/m1/s1. The van der Waals surface area contributed by atoms with Crippen molar-refractivity contribution in [2.24, 2.45) is 5.92 Å². The zero-order valence-electron chi connectivity index (χ0n) is 13.9. The first-order valence-electron chi connectivity index (χ1n) is 8.58. The van der Waals surface area contributed by atoms with Crippen LogP contribution >= 0.6 is 0 Å². The van der Waals surface area contributed by atoms with E-state index in [2.05, 4.69) is 34.3 Å². The highest BCUT2D eigenvalue weighted by molar-refractivity contribution is 5.95. The second kappa shape index (κ2) is 6.32. The molecule has 1 N–H and O–H groups in total. The van der Waals surface area contributed by atoms with E-state index in [1.54, 1.807) is 6.26 Å². The molecule has 0 bridgehead atoms. The number of nitrogens with zero attached hydrogens (tertiary/aromatic N) is 2. The Hall–Kier alpha value is -2.27. The highest BCUT2D eigenvalue weighted by Crippen LogP contribution is 2.48. The van der Waals surface area contributed by atoms with E-state index < -0.39 is 0 Å². The zero-order chi connectivity index (χ0) is 16.5. The molecule has 1 saturated carbocycles. The molecule has 2 fully saturated rings. The topological polar surface area (TPSA) is 48.7 Å². The Morgan fingerprint density at radius 1 is 1.12 bits per heavy atom. The van der Waals surface area contributed by atoms with E-state index in [1.165, 1.54) is 5.69 Å². The molecule has 1 aromatic heterocycles. The number of hydrogen-bond donors (Lipinski definition) is 1. The van der Waals surface area contributed by atoms with Crippen molar-refractivity contribution >= 4 is 17.3 Å². The van der Waals surface area contributed by atoms with Crippen LogP contribution in [0.15, 0.2) is 47.1 Å². The van der Waals surface area contributed by atoms with Gasteiger partial charge in [-0.25, -0.2) is 0 Å². The van der Waals surface area contributed by atoms with Crippen molar-refractivity contribution in [1.82, 2.24) is 4.90 Å². The number of furan rings is 1. The molecule has 2 heterocycles. The minimum atomic E-state index is 0.0356. The third kappa shape index (κ3) is 3.17. The van der Waals surface area contributed by atoms with Crippen LogP contribution in [0.5, 0.6) is 0 Å². The van der Waals surface area contributed by atoms with Crippen LogP contribution in [-0.4, -0.2) is 44.0 Å². The Balaban J connectivity index is 1.33. The molecule has 24 heavy (non-hydrogen) atoms. The predicted octanol–water partition coefficient (Wildman–Crippen LogP) is 2.77. The maximum atomic E-state index is 12.3. The molecule has 126 valence electrons. The van der Waals surface area contributed by atoms with Gasteiger partial charge in [-0.05, 0) is 49.9 Å². The lowest BCUT2D eigenvalue weighted by atomic mass is 10.2. The molecule has 2 atom stereocenters. The van der Waals surface area contributed by atoms with Crippen molar-refractivity contribution in [3.8, 4) is 0 Å². The fourth-order valence-electron chi connectivity index (χ4n) is 3.36. The van der Waals surface area contributed by atoms with Crippen LogP contribution in [0.25, 0.3) is 0 Å². The largest absolute Gasteiger partial charge is 0.469 e. The lowest BCUT2D eigenvalue weighted by molar-refractivity contribution is -0.117. The Kier molecular flexibility index (Phi) is 4.02. The SMILES string of the molecule is CN1CCN(c2ccc(NC(=O)[C@H]3C[C@H]3c3ccco3)cc2)CC1. The maximum Gasteiger partial charge on any atom is 0.228 e. The molecule has 0 radical (unpaired) electrons. The third-order valence-electron chi connectivity index (χ3n) is 5.04. The lowest BCUT2D eigenvalue weighted by Gasteiger charge is -2.34. The van der Waals surface area contributed by atoms with Gasteiger partial charge in [-0.15, -0.1) is 0 Å². The molecule has 2 aliphatic rings. The number of carbonyl (C=O) groups excluding carboxylic acids is 1. The minimum Gasteiger partial charge on any atom is -0.469 e. The number of nitrogens with one attached hydrogen (secondary N) is 1. The first-order chi connectivity index (χ1) is 11.7. The van der Waals surface area contributed by atoms with Crippen LogP contribution in [0.3, 0.4) is 0 Å². The molecule has 1 aliphatic heterocycles. The second-order valence-electron chi connectivity index (χ2n) is 6.79. The minimum absolute atomic E-state index is 0.0356. The van der Waals surface area contributed by atoms with E-state index in [0.29, 0.717) is 0 Å². The number of carbonyl (C=O) groups is 1. The fourth-order valence-corrected chi connectivity index (χ4v) is 3.36. The van der Waals surface area contributed by atoms with Gasteiger partial charge in [0.25, 0.3) is 0 Å². The van der Waals surface area contributed by atoms with Crippen molar-refractivity contribution in [2.45, 2.75) is 12.3 Å². The highest BCUT2D eigenvalue weighted by Gasteiger charge is 2.45. The van der Waals surface area contributed by atoms with E-state index in [0.717, 1.165) is 44.0 Å². The van der Waals surface area contributed by atoms with E-state index in [1.807, 2.05) is 24.3 Å². The van der Waals surface area contributed by atoms with Crippen LogP contribution < -0.4 is 10.2 Å². The average molecular weight is 325 g/mol. The molecule has 1 aromatic carbocycles. The molecule has 1 amide bonds. The molecular weight excluding hydrogens is 302 g/mol. The van der Waals surface area contributed by atoms with Gasteiger partial charge in [0.05, 0.1) is 6.26 Å². The molecule has 5 nitrogen and oxygen atoms in total. The second-order valence-corrected chi connectivity index (χ2v) is 6.79. The Morgan fingerprint density at radius 2 is 1.88 bits per heavy atom. The summed E-state index contributed by atoms with van der Waals surface area (Å²) in [5.41, 5.74) is 2.09. The predicted molar refractivity (Wildman–Crippen MR) is 94.3 cm³/mol. The van der Waals surface area contributed by atoms with Gasteiger partial charge in [0.15, 0.2) is 0 Å². The van der Waals surface area contributed by atoms with Crippen LogP contribution in [0.1, 0.15) is 18.1 Å². The number of likely N-dealkylation sites (N-methyl/N-ethyl adjacent to an activating group) is 1. The number of anilines is 2. The third-order valence-corrected chi connectivity index (χ3v) is 5.04. The number of hydrogen-bond acceptors (Lipinski definition) is 4. The molecule has 0 unspecified atom stereocenters. The molecule has 4 rings (SSSR count). The van der Waals surface area contributed by atoms with Gasteiger partial charge in [0.2, 0.25) is 5.91 Å². The molecule has 1 saturated heterocycles. The van der Waals surface area contributed by atoms with Crippen LogP contribution in [0.4, 0.5) is 11.4 Å². The first kappa shape index (κ1) is 15.3. The zero-order valence-corrected chi connectivity index (χ0v) is 13.9. The Labute approximate surface area is 142 Å². The number of rotatable bonds is 4. The van der Waals surface area contributed by atoms with E-state index in [4.69, 9.17) is 4.42 Å². The molecule has 2 aromatic rings. The van der Waals surface area contributed by atoms with Gasteiger partial charge >= 0.3 is 0 Å². The monoisotopic (exact) mass is 325 g/mol. The normalized spacial score (nSPS) is 24.0. The van der Waals surface area contributed by atoms with Gasteiger partial charge in [-0.3, -0.25) is 4.79 Å². The van der Waals surface area contributed by atoms with Gasteiger partial charge in [0, 0.05) is 49.4 Å². The molecule has 0 spiro atoms. The summed E-state index contributed by atoms with van der Waals surface area (Å²) in [4.78, 5) is 17.1. The van der Waals surface area contributed by atoms with E-state index in [9.17, 15) is 4.79 Å². The summed E-state index contributed by atoms with van der Waals surface area (Å²) < 4.78 is 5.39. The number of amides is 1. The molecule has 5 heteroatoms. The average Bonchev–Trinajstić information content (AvgIpc) is 3.22. The van der Waals surface area contributed by atoms with Crippen molar-refractivity contribution in [3.05, 3.63) is 48.4 Å². The Bertz CT molecular complexity index is 688. The smallest absolute Gasteiger partial charge is 0.228 e. The van der Waals surface area contributed by atoms with Crippen molar-refractivity contribution in [1.29, 1.82) is 0 Å². The summed E-state index contributed by atoms with van der Waals surface area (Å²) in [6, 6.07) is 12.0. The number of benzene rings is 1. The first-order valence-corrected chi connectivity index (χ1v) is 8.58. The summed E-state index contributed by atoms with van der Waals surface area (Å²) in [5.74, 6) is 1.28. The van der Waals surface area contributed by atoms with Crippen molar-refractivity contribution in [3.63, 3.8) is 0 Å². The fraction of sp³-hybridized carbons (Fsp3) is 0.421. The highest BCUT2D eigenvalue weighted by atomic mass is 16.3. The summed E-state index contributed by atoms with van der Waals surface area (Å²) in [6.45, 7) is 4.28. The summed E-state index contributed by atoms with van der Waals surface area (Å²) in [6.07, 6.45) is 2.54. The van der Waals surface area contributed by atoms with Gasteiger partial charge in [-0.1, -0.05) is 0 Å². The summed E-state index contributed by atoms with van der Waals surface area (Å²) in [7, 11) is 2.16. The van der Waals surface area contributed by atoms with Gasteiger partial charge in [0.1, 0.15) is 5.76 Å². The van der Waals surface area contributed by atoms with Crippen LogP contribution in [-0.2, 0) is 4.79 Å². The quantitative estimate of drug-likeness (QED) is 0.939. The lowest BCUT2D eigenvalue weighted by Crippen LogP contribution is -2.44.